The molecule has 0 saturated carbocycles. The zero-order valence-corrected chi connectivity index (χ0v) is 12.9. The number of benzene rings is 1. The van der Waals surface area contributed by atoms with Crippen LogP contribution in [0.15, 0.2) is 24.3 Å². The van der Waals surface area contributed by atoms with Gasteiger partial charge >= 0.3 is 6.18 Å². The molecule has 0 unspecified atom stereocenters. The number of nitrogens with one attached hydrogen (secondary N) is 2. The molecule has 2 amide bonds. The summed E-state index contributed by atoms with van der Waals surface area (Å²) in [6.45, 7) is 0.143. The van der Waals surface area contributed by atoms with Gasteiger partial charge in [0.15, 0.2) is 0 Å². The van der Waals surface area contributed by atoms with Crippen LogP contribution < -0.4 is 10.6 Å². The van der Waals surface area contributed by atoms with Crippen molar-refractivity contribution in [2.24, 2.45) is 5.92 Å². The molecular weight excluding hydrogens is 333 g/mol. The number of piperidine rings is 1. The highest BCUT2D eigenvalue weighted by atomic mass is 35.5. The summed E-state index contributed by atoms with van der Waals surface area (Å²) in [6, 6.07) is 4.70. The summed E-state index contributed by atoms with van der Waals surface area (Å²) in [5.74, 6) is -1.16. The maximum atomic E-state index is 12.8. The van der Waals surface area contributed by atoms with Gasteiger partial charge in [0, 0.05) is 18.0 Å². The lowest BCUT2D eigenvalue weighted by atomic mass is 9.96. The molecule has 0 radical (unpaired) electrons. The first-order valence-corrected chi connectivity index (χ1v) is 7.51. The Kier molecular flexibility index (Phi) is 5.51. The van der Waals surface area contributed by atoms with E-state index in [1.54, 1.807) is 0 Å². The van der Waals surface area contributed by atoms with E-state index in [0.29, 0.717) is 17.0 Å². The van der Waals surface area contributed by atoms with Crippen LogP contribution in [0, 0.1) is 5.92 Å². The van der Waals surface area contributed by atoms with Gasteiger partial charge in [0.1, 0.15) is 0 Å². The number of hydrogen-bond acceptors (Lipinski definition) is 2. The van der Waals surface area contributed by atoms with E-state index in [9.17, 15) is 22.8 Å². The van der Waals surface area contributed by atoms with E-state index in [1.807, 2.05) is 0 Å². The standard InChI is InChI=1S/C15H16ClF3N2O2/c16-11-4-1-9(2-5-11)12(7-15(17,18)19)21-14(23)10-3-6-13(22)20-8-10/h1-2,4-5,10,12H,3,6-8H2,(H,20,22)(H,21,23)/t10-,12-/m0/s1. The Morgan fingerprint density at radius 3 is 2.52 bits per heavy atom. The Labute approximate surface area is 136 Å². The highest BCUT2D eigenvalue weighted by Gasteiger charge is 2.35. The van der Waals surface area contributed by atoms with Crippen LogP contribution in [0.4, 0.5) is 13.2 Å². The van der Waals surface area contributed by atoms with E-state index in [4.69, 9.17) is 11.6 Å². The molecule has 2 N–H and O–H groups in total. The molecule has 2 atom stereocenters. The van der Waals surface area contributed by atoms with Gasteiger partial charge in [-0.2, -0.15) is 13.2 Å². The number of carbonyl (C=O) groups is 2. The fourth-order valence-electron chi connectivity index (χ4n) is 2.42. The third kappa shape index (κ3) is 5.42. The van der Waals surface area contributed by atoms with E-state index in [0.717, 1.165) is 0 Å². The number of carbonyl (C=O) groups excluding carboxylic acids is 2. The smallest absolute Gasteiger partial charge is 0.355 e. The highest BCUT2D eigenvalue weighted by Crippen LogP contribution is 2.30. The number of halogens is 4. The van der Waals surface area contributed by atoms with E-state index < -0.39 is 30.5 Å². The first-order valence-electron chi connectivity index (χ1n) is 7.14. The molecule has 0 spiro atoms. The van der Waals surface area contributed by atoms with Crippen LogP contribution in [0.1, 0.15) is 30.9 Å². The van der Waals surface area contributed by atoms with Crippen LogP contribution in [0.25, 0.3) is 0 Å². The van der Waals surface area contributed by atoms with Gasteiger partial charge in [-0.05, 0) is 24.1 Å². The Balaban J connectivity index is 2.09. The van der Waals surface area contributed by atoms with Gasteiger partial charge in [0.05, 0.1) is 18.4 Å². The topological polar surface area (TPSA) is 58.2 Å². The van der Waals surface area contributed by atoms with Gasteiger partial charge in [-0.15, -0.1) is 0 Å². The molecule has 126 valence electrons. The number of rotatable bonds is 4. The van der Waals surface area contributed by atoms with Crippen molar-refractivity contribution in [3.63, 3.8) is 0 Å². The van der Waals surface area contributed by atoms with Crippen LogP contribution >= 0.6 is 11.6 Å². The van der Waals surface area contributed by atoms with Crippen LogP contribution in [-0.4, -0.2) is 24.5 Å². The van der Waals surface area contributed by atoms with Crippen molar-refractivity contribution in [1.82, 2.24) is 10.6 Å². The van der Waals surface area contributed by atoms with Gasteiger partial charge in [-0.1, -0.05) is 23.7 Å². The summed E-state index contributed by atoms with van der Waals surface area (Å²) in [6.07, 6.45) is -5.06. The zero-order chi connectivity index (χ0) is 17.0. The van der Waals surface area contributed by atoms with Gasteiger partial charge in [0.25, 0.3) is 0 Å². The Morgan fingerprint density at radius 1 is 1.35 bits per heavy atom. The average molecular weight is 349 g/mol. The first kappa shape index (κ1) is 17.6. The van der Waals surface area contributed by atoms with E-state index in [-0.39, 0.29) is 18.9 Å². The lowest BCUT2D eigenvalue weighted by molar-refractivity contribution is -0.143. The third-order valence-electron chi connectivity index (χ3n) is 3.66. The predicted octanol–water partition coefficient (Wildman–Crippen LogP) is 2.98. The molecule has 1 saturated heterocycles. The molecule has 1 aliphatic heterocycles. The van der Waals surface area contributed by atoms with E-state index in [1.165, 1.54) is 24.3 Å². The maximum Gasteiger partial charge on any atom is 0.391 e. The molecule has 0 aromatic heterocycles. The molecule has 1 fully saturated rings. The predicted molar refractivity (Wildman–Crippen MR) is 78.7 cm³/mol. The second-order valence-corrected chi connectivity index (χ2v) is 5.91. The molecule has 1 aromatic carbocycles. The molecule has 0 aliphatic carbocycles. The van der Waals surface area contributed by atoms with Crippen molar-refractivity contribution in [3.8, 4) is 0 Å². The van der Waals surface area contributed by atoms with Crippen molar-refractivity contribution in [1.29, 1.82) is 0 Å². The van der Waals surface area contributed by atoms with Crippen molar-refractivity contribution < 1.29 is 22.8 Å². The molecule has 23 heavy (non-hydrogen) atoms. The largest absolute Gasteiger partial charge is 0.391 e. The first-order chi connectivity index (χ1) is 10.7. The van der Waals surface area contributed by atoms with Gasteiger partial charge in [-0.25, -0.2) is 0 Å². The van der Waals surface area contributed by atoms with Gasteiger partial charge in [0.2, 0.25) is 11.8 Å². The Hall–Kier alpha value is -1.76. The van der Waals surface area contributed by atoms with Crippen molar-refractivity contribution in [3.05, 3.63) is 34.9 Å². The lowest BCUT2D eigenvalue weighted by Crippen LogP contribution is -2.44. The molecule has 1 heterocycles. The maximum absolute atomic E-state index is 12.8. The minimum Gasteiger partial charge on any atom is -0.355 e. The summed E-state index contributed by atoms with van der Waals surface area (Å²) in [5, 5.41) is 5.39. The zero-order valence-electron chi connectivity index (χ0n) is 12.1. The molecule has 4 nitrogen and oxygen atoms in total. The summed E-state index contributed by atoms with van der Waals surface area (Å²) in [7, 11) is 0. The monoisotopic (exact) mass is 348 g/mol. The molecular formula is C15H16ClF3N2O2. The van der Waals surface area contributed by atoms with Crippen molar-refractivity contribution in [2.75, 3.05) is 6.54 Å². The summed E-state index contributed by atoms with van der Waals surface area (Å²) in [5.41, 5.74) is 0.333. The second-order valence-electron chi connectivity index (χ2n) is 5.47. The minimum absolute atomic E-state index is 0.143. The quantitative estimate of drug-likeness (QED) is 0.879. The van der Waals surface area contributed by atoms with Crippen LogP contribution in [0.5, 0.6) is 0 Å². The third-order valence-corrected chi connectivity index (χ3v) is 3.91. The second kappa shape index (κ2) is 7.21. The normalized spacial score (nSPS) is 19.8. The van der Waals surface area contributed by atoms with E-state index >= 15 is 0 Å². The SMILES string of the molecule is O=C1CC[C@H](C(=O)N[C@@H](CC(F)(F)F)c2ccc(Cl)cc2)CN1. The van der Waals surface area contributed by atoms with Crippen molar-refractivity contribution in [2.45, 2.75) is 31.5 Å². The fraction of sp³-hybridized carbons (Fsp3) is 0.467. The number of alkyl halides is 3. The average Bonchev–Trinajstić information content (AvgIpc) is 2.46. The number of hydrogen-bond donors (Lipinski definition) is 2. The summed E-state index contributed by atoms with van der Waals surface area (Å²) >= 11 is 5.74. The van der Waals surface area contributed by atoms with Crippen LogP contribution in [-0.2, 0) is 9.59 Å². The Morgan fingerprint density at radius 2 is 2.00 bits per heavy atom. The lowest BCUT2D eigenvalue weighted by Gasteiger charge is -2.26. The minimum atomic E-state index is -4.42. The molecule has 2 rings (SSSR count). The van der Waals surface area contributed by atoms with Gasteiger partial charge < -0.3 is 10.6 Å². The fourth-order valence-corrected chi connectivity index (χ4v) is 2.55. The van der Waals surface area contributed by atoms with Crippen LogP contribution in [0.3, 0.4) is 0 Å². The highest BCUT2D eigenvalue weighted by molar-refractivity contribution is 6.30. The summed E-state index contributed by atoms with van der Waals surface area (Å²) in [4.78, 5) is 23.3. The molecule has 0 bridgehead atoms. The van der Waals surface area contributed by atoms with Crippen LogP contribution in [0.2, 0.25) is 5.02 Å². The van der Waals surface area contributed by atoms with E-state index in [2.05, 4.69) is 10.6 Å². The Bertz CT molecular complexity index is 565. The van der Waals surface area contributed by atoms with Gasteiger partial charge in [-0.3, -0.25) is 9.59 Å². The molecule has 1 aliphatic rings. The van der Waals surface area contributed by atoms with Crippen molar-refractivity contribution >= 4 is 23.4 Å². The number of amides is 2. The summed E-state index contributed by atoms with van der Waals surface area (Å²) < 4.78 is 38.3. The molecule has 8 heteroatoms. The molecule has 1 aromatic rings.